The molecule has 0 spiro atoms. The van der Waals surface area contributed by atoms with Gasteiger partial charge in [0.15, 0.2) is 0 Å². The maximum Gasteiger partial charge on any atom is 0.273 e. The first-order valence-electron chi connectivity index (χ1n) is 13.4. The van der Waals surface area contributed by atoms with Crippen molar-refractivity contribution in [1.29, 1.82) is 0 Å². The number of nitrogens with zero attached hydrogens (tertiary/aromatic N) is 2. The number of carbonyl (C=O) groups is 2. The molecule has 1 atom stereocenters. The van der Waals surface area contributed by atoms with E-state index >= 15 is 0 Å². The van der Waals surface area contributed by atoms with Gasteiger partial charge in [-0.15, -0.1) is 0 Å². The SMILES string of the molecule is COc1ccc(C(C(=O)NC2CCCCC2)N(C(=O)c2snc(-c3ccc(F)cc3)c2N)c2ccc(F)cc2)cc1. The summed E-state index contributed by atoms with van der Waals surface area (Å²) >= 11 is 0.890. The number of nitrogen functional groups attached to an aromatic ring is 1. The smallest absolute Gasteiger partial charge is 0.273 e. The molecule has 212 valence electrons. The Morgan fingerprint density at radius 2 is 1.56 bits per heavy atom. The van der Waals surface area contributed by atoms with Crippen molar-refractivity contribution in [3.63, 3.8) is 0 Å². The first-order valence-corrected chi connectivity index (χ1v) is 14.2. The summed E-state index contributed by atoms with van der Waals surface area (Å²) < 4.78 is 37.2. The van der Waals surface area contributed by atoms with Crippen molar-refractivity contribution in [3.8, 4) is 17.0 Å². The van der Waals surface area contributed by atoms with E-state index in [1.165, 1.54) is 53.4 Å². The lowest BCUT2D eigenvalue weighted by Gasteiger charge is -2.33. The molecule has 41 heavy (non-hydrogen) atoms. The summed E-state index contributed by atoms with van der Waals surface area (Å²) in [5.74, 6) is -1.23. The molecule has 4 aromatic rings. The van der Waals surface area contributed by atoms with Gasteiger partial charge in [0.25, 0.3) is 5.91 Å². The Bertz CT molecular complexity index is 1500. The van der Waals surface area contributed by atoms with Crippen LogP contribution in [0.15, 0.2) is 72.8 Å². The van der Waals surface area contributed by atoms with Crippen LogP contribution in [0.3, 0.4) is 0 Å². The molecule has 5 rings (SSSR count). The molecule has 0 aliphatic heterocycles. The van der Waals surface area contributed by atoms with Gasteiger partial charge >= 0.3 is 0 Å². The predicted molar refractivity (Wildman–Crippen MR) is 156 cm³/mol. The number of aromatic nitrogens is 1. The molecule has 1 aromatic heterocycles. The average molecular weight is 577 g/mol. The fourth-order valence-electron chi connectivity index (χ4n) is 5.09. The van der Waals surface area contributed by atoms with Crippen molar-refractivity contribution < 1.29 is 23.1 Å². The first-order chi connectivity index (χ1) is 19.9. The van der Waals surface area contributed by atoms with Gasteiger partial charge in [-0.25, -0.2) is 8.78 Å². The maximum atomic E-state index is 14.3. The van der Waals surface area contributed by atoms with E-state index in [9.17, 15) is 18.4 Å². The van der Waals surface area contributed by atoms with Gasteiger partial charge in [0.2, 0.25) is 5.91 Å². The van der Waals surface area contributed by atoms with Crippen molar-refractivity contribution in [2.75, 3.05) is 17.7 Å². The van der Waals surface area contributed by atoms with Gasteiger partial charge in [-0.1, -0.05) is 31.4 Å². The second-order valence-electron chi connectivity index (χ2n) is 9.95. The van der Waals surface area contributed by atoms with Crippen LogP contribution in [0.5, 0.6) is 5.75 Å². The minimum absolute atomic E-state index is 0.0132. The number of hydrogen-bond acceptors (Lipinski definition) is 6. The van der Waals surface area contributed by atoms with Crippen LogP contribution in [-0.4, -0.2) is 29.3 Å². The molecule has 0 saturated heterocycles. The maximum absolute atomic E-state index is 14.3. The summed E-state index contributed by atoms with van der Waals surface area (Å²) in [5, 5.41) is 3.15. The normalized spacial score (nSPS) is 14.3. The van der Waals surface area contributed by atoms with Gasteiger partial charge < -0.3 is 15.8 Å². The van der Waals surface area contributed by atoms with Crippen molar-refractivity contribution in [1.82, 2.24) is 9.69 Å². The van der Waals surface area contributed by atoms with Gasteiger partial charge in [0.05, 0.1) is 12.8 Å². The molecule has 1 aliphatic rings. The minimum atomic E-state index is -1.10. The average Bonchev–Trinajstić information content (AvgIpc) is 3.38. The highest BCUT2D eigenvalue weighted by molar-refractivity contribution is 7.09. The van der Waals surface area contributed by atoms with E-state index in [0.29, 0.717) is 28.3 Å². The molecule has 7 nitrogen and oxygen atoms in total. The van der Waals surface area contributed by atoms with Gasteiger partial charge in [0, 0.05) is 17.3 Å². The summed E-state index contributed by atoms with van der Waals surface area (Å²) in [6.07, 6.45) is 4.86. The van der Waals surface area contributed by atoms with Crippen molar-refractivity contribution in [2.45, 2.75) is 44.2 Å². The lowest BCUT2D eigenvalue weighted by molar-refractivity contribution is -0.123. The number of nitrogens with one attached hydrogen (secondary N) is 1. The molecule has 3 N–H and O–H groups in total. The molecule has 3 aromatic carbocycles. The molecule has 1 fully saturated rings. The molecule has 0 bridgehead atoms. The molecular weight excluding hydrogens is 546 g/mol. The number of hydrogen-bond donors (Lipinski definition) is 2. The highest BCUT2D eigenvalue weighted by Crippen LogP contribution is 2.37. The number of ether oxygens (including phenoxy) is 1. The third kappa shape index (κ3) is 6.22. The van der Waals surface area contributed by atoms with Crippen molar-refractivity contribution >= 4 is 34.7 Å². The van der Waals surface area contributed by atoms with Crippen LogP contribution >= 0.6 is 11.5 Å². The number of carbonyl (C=O) groups excluding carboxylic acids is 2. The number of benzene rings is 3. The Hall–Kier alpha value is -4.31. The zero-order chi connectivity index (χ0) is 28.9. The zero-order valence-electron chi connectivity index (χ0n) is 22.5. The number of nitrogens with two attached hydrogens (primary N) is 1. The van der Waals surface area contributed by atoms with E-state index in [4.69, 9.17) is 10.5 Å². The molecule has 2 amide bonds. The number of anilines is 2. The first kappa shape index (κ1) is 28.2. The summed E-state index contributed by atoms with van der Waals surface area (Å²) in [4.78, 5) is 29.8. The topological polar surface area (TPSA) is 97.5 Å². The van der Waals surface area contributed by atoms with Gasteiger partial charge in [-0.3, -0.25) is 14.5 Å². The molecule has 10 heteroatoms. The number of amides is 2. The van der Waals surface area contributed by atoms with E-state index in [0.717, 1.165) is 43.6 Å². The number of rotatable bonds is 8. The van der Waals surface area contributed by atoms with E-state index in [1.807, 2.05) is 0 Å². The Morgan fingerprint density at radius 1 is 0.951 bits per heavy atom. The molecule has 1 aliphatic carbocycles. The Morgan fingerprint density at radius 3 is 2.17 bits per heavy atom. The minimum Gasteiger partial charge on any atom is -0.497 e. The molecule has 1 heterocycles. The Kier molecular flexibility index (Phi) is 8.58. The second kappa shape index (κ2) is 12.5. The third-order valence-electron chi connectivity index (χ3n) is 7.25. The summed E-state index contributed by atoms with van der Waals surface area (Å²) in [6.45, 7) is 0. The second-order valence-corrected chi connectivity index (χ2v) is 10.7. The van der Waals surface area contributed by atoms with Gasteiger partial charge in [-0.2, -0.15) is 4.37 Å². The van der Waals surface area contributed by atoms with Crippen LogP contribution in [0.2, 0.25) is 0 Å². The monoisotopic (exact) mass is 576 g/mol. The standard InChI is InChI=1S/C31H30F2N4O3S/c1-40-25-17-9-20(10-18-25)28(30(38)35-23-5-3-2-4-6-23)37(24-15-13-22(33)14-16-24)31(39)29-26(34)27(36-41-29)19-7-11-21(32)12-8-19/h7-18,23,28H,2-6,34H2,1H3,(H,35,38). The largest absolute Gasteiger partial charge is 0.497 e. The summed E-state index contributed by atoms with van der Waals surface area (Å²) in [5.41, 5.74) is 8.30. The molecule has 1 unspecified atom stereocenters. The van der Waals surface area contributed by atoms with Gasteiger partial charge in [0.1, 0.15) is 34.0 Å². The van der Waals surface area contributed by atoms with E-state index in [2.05, 4.69) is 9.69 Å². The predicted octanol–water partition coefficient (Wildman–Crippen LogP) is 6.52. The lowest BCUT2D eigenvalue weighted by atomic mass is 9.94. The zero-order valence-corrected chi connectivity index (χ0v) is 23.3. The van der Waals surface area contributed by atoms with Crippen molar-refractivity contribution in [2.24, 2.45) is 0 Å². The summed E-state index contributed by atoms with van der Waals surface area (Å²) in [6, 6.07) is 16.8. The fraction of sp³-hybridized carbons (Fsp3) is 0.258. The highest BCUT2D eigenvalue weighted by atomic mass is 32.1. The van der Waals surface area contributed by atoms with Crippen LogP contribution in [0.25, 0.3) is 11.3 Å². The molecular formula is C31H30F2N4O3S. The molecule has 0 radical (unpaired) electrons. The number of methoxy groups -OCH3 is 1. The Labute approximate surface area is 241 Å². The summed E-state index contributed by atoms with van der Waals surface area (Å²) in [7, 11) is 1.54. The van der Waals surface area contributed by atoms with Crippen molar-refractivity contribution in [3.05, 3.63) is 94.9 Å². The van der Waals surface area contributed by atoms with Crippen LogP contribution in [0.1, 0.15) is 53.4 Å². The van der Waals surface area contributed by atoms with Crippen LogP contribution < -0.4 is 20.7 Å². The van der Waals surface area contributed by atoms with Crippen LogP contribution in [0.4, 0.5) is 20.2 Å². The lowest BCUT2D eigenvalue weighted by Crippen LogP contribution is -2.47. The van der Waals surface area contributed by atoms with Gasteiger partial charge in [-0.05, 0) is 90.6 Å². The van der Waals surface area contributed by atoms with E-state index in [1.54, 1.807) is 31.4 Å². The quantitative estimate of drug-likeness (QED) is 0.249. The molecule has 1 saturated carbocycles. The third-order valence-corrected chi connectivity index (χ3v) is 8.10. The Balaban J connectivity index is 1.60. The van der Waals surface area contributed by atoms with Crippen LogP contribution in [-0.2, 0) is 4.79 Å². The van der Waals surface area contributed by atoms with E-state index < -0.39 is 23.6 Å². The number of halogens is 2. The van der Waals surface area contributed by atoms with E-state index in [-0.39, 0.29) is 22.5 Å². The highest BCUT2D eigenvalue weighted by Gasteiger charge is 2.36. The van der Waals surface area contributed by atoms with Crippen LogP contribution in [0, 0.1) is 11.6 Å². The fourth-order valence-corrected chi connectivity index (χ4v) is 5.85.